The van der Waals surface area contributed by atoms with E-state index in [2.05, 4.69) is 5.32 Å². The molecule has 2 aromatic heterocycles. The third-order valence-electron chi connectivity index (χ3n) is 6.00. The zero-order valence-electron chi connectivity index (χ0n) is 19.6. The number of para-hydroxylation sites is 1. The Morgan fingerprint density at radius 3 is 2.58 bits per heavy atom. The maximum atomic E-state index is 12.0. The van der Waals surface area contributed by atoms with Crippen LogP contribution in [0.3, 0.4) is 0 Å². The minimum absolute atomic E-state index is 0.401. The van der Waals surface area contributed by atoms with Gasteiger partial charge in [-0.1, -0.05) is 42.5 Å². The first-order valence-electron chi connectivity index (χ1n) is 11.2. The quantitative estimate of drug-likeness (QED) is 0.254. The van der Waals surface area contributed by atoms with Gasteiger partial charge in [-0.05, 0) is 36.1 Å². The van der Waals surface area contributed by atoms with Gasteiger partial charge in [-0.25, -0.2) is 9.97 Å². The van der Waals surface area contributed by atoms with Crippen LogP contribution in [0.4, 0.5) is 5.82 Å². The number of fused-ring (bicyclic) bond motifs is 2. The first-order chi connectivity index (χ1) is 17.4. The van der Waals surface area contributed by atoms with Crippen molar-refractivity contribution in [2.75, 3.05) is 12.4 Å². The summed E-state index contributed by atoms with van der Waals surface area (Å²) in [5.74, 6) is 1.24. The number of primary amides is 1. The fraction of sp³-hybridized carbons (Fsp3) is 0.115. The fourth-order valence-electron chi connectivity index (χ4n) is 4.30. The van der Waals surface area contributed by atoms with Crippen LogP contribution < -0.4 is 21.3 Å². The van der Waals surface area contributed by atoms with E-state index in [1.807, 2.05) is 37.3 Å². The van der Waals surface area contributed by atoms with Gasteiger partial charge in [0.05, 0.1) is 12.7 Å². The van der Waals surface area contributed by atoms with Crippen LogP contribution in [0.15, 0.2) is 60.7 Å². The predicted molar refractivity (Wildman–Crippen MR) is 144 cm³/mol. The molecule has 180 valence electrons. The number of ether oxygens (including phenoxy) is 1. The predicted octanol–water partition coefficient (Wildman–Crippen LogP) is 3.22. The van der Waals surface area contributed by atoms with Crippen molar-refractivity contribution in [2.24, 2.45) is 5.73 Å². The number of benzene rings is 3. The van der Waals surface area contributed by atoms with Crippen molar-refractivity contribution >= 4 is 56.6 Å². The molecule has 0 spiro atoms. The van der Waals surface area contributed by atoms with Crippen LogP contribution in [0.1, 0.15) is 20.8 Å². The van der Waals surface area contributed by atoms with E-state index in [-0.39, 0.29) is 0 Å². The molecule has 5 aromatic rings. The summed E-state index contributed by atoms with van der Waals surface area (Å²) < 4.78 is 6.40. The third kappa shape index (κ3) is 4.26. The molecule has 0 unspecified atom stereocenters. The smallest absolute Gasteiger partial charge is 0.488 e. The zero-order chi connectivity index (χ0) is 25.4. The average molecular weight is 498 g/mol. The van der Waals surface area contributed by atoms with E-state index in [9.17, 15) is 14.8 Å². The molecule has 8 nitrogen and oxygen atoms in total. The number of carbonyl (C=O) groups excluding carboxylic acids is 1. The topological polar surface area (TPSA) is 131 Å². The van der Waals surface area contributed by atoms with Gasteiger partial charge >= 0.3 is 7.12 Å². The van der Waals surface area contributed by atoms with Crippen LogP contribution >= 0.6 is 11.3 Å². The Balaban J connectivity index is 1.66. The Morgan fingerprint density at radius 2 is 1.83 bits per heavy atom. The molecule has 0 radical (unpaired) electrons. The first kappa shape index (κ1) is 23.7. The molecule has 0 saturated heterocycles. The number of methoxy groups -OCH3 is 1. The number of amides is 1. The molecule has 5 rings (SSSR count). The molecule has 0 fully saturated rings. The first-order valence-corrected chi connectivity index (χ1v) is 12.0. The van der Waals surface area contributed by atoms with Crippen molar-refractivity contribution in [1.29, 1.82) is 0 Å². The highest BCUT2D eigenvalue weighted by molar-refractivity contribution is 7.20. The Hall–Kier alpha value is -3.99. The summed E-state index contributed by atoms with van der Waals surface area (Å²) in [5.41, 5.74) is 8.84. The van der Waals surface area contributed by atoms with E-state index in [0.29, 0.717) is 40.5 Å². The lowest BCUT2D eigenvalue weighted by atomic mass is 9.80. The Bertz CT molecular complexity index is 1620. The van der Waals surface area contributed by atoms with Gasteiger partial charge < -0.3 is 25.8 Å². The normalized spacial score (nSPS) is 11.1. The minimum atomic E-state index is -1.54. The summed E-state index contributed by atoms with van der Waals surface area (Å²) in [6.07, 6.45) is 0. The molecule has 0 atom stereocenters. The van der Waals surface area contributed by atoms with Crippen molar-refractivity contribution in [1.82, 2.24) is 9.97 Å². The van der Waals surface area contributed by atoms with Crippen molar-refractivity contribution in [3.8, 4) is 17.1 Å². The second-order valence-corrected chi connectivity index (χ2v) is 9.53. The number of carbonyl (C=O) groups is 1. The Morgan fingerprint density at radius 1 is 1.08 bits per heavy atom. The van der Waals surface area contributed by atoms with E-state index >= 15 is 0 Å². The molecule has 3 aromatic carbocycles. The summed E-state index contributed by atoms with van der Waals surface area (Å²) in [6.45, 7) is 2.37. The van der Waals surface area contributed by atoms with Crippen molar-refractivity contribution in [3.63, 3.8) is 0 Å². The van der Waals surface area contributed by atoms with Gasteiger partial charge in [0.25, 0.3) is 0 Å². The van der Waals surface area contributed by atoms with Crippen LogP contribution in [-0.2, 0) is 6.54 Å². The van der Waals surface area contributed by atoms with Crippen molar-refractivity contribution in [2.45, 2.75) is 13.5 Å². The van der Waals surface area contributed by atoms with Gasteiger partial charge in [0.2, 0.25) is 5.91 Å². The van der Waals surface area contributed by atoms with E-state index in [1.54, 1.807) is 37.4 Å². The van der Waals surface area contributed by atoms with Crippen LogP contribution in [0, 0.1) is 6.92 Å². The second kappa shape index (κ2) is 9.58. The molecule has 2 heterocycles. The monoisotopic (exact) mass is 498 g/mol. The molecular formula is C26H23BN4O4S. The SMILES string of the molecule is COc1cccc2c(NCc3cccc(B(O)O)c3)nc(-c3c(C)sc4c(C(N)=O)cccc34)nc12. The number of rotatable bonds is 7. The molecule has 0 aliphatic heterocycles. The van der Waals surface area contributed by atoms with Crippen LogP contribution in [0.25, 0.3) is 32.4 Å². The molecule has 1 amide bonds. The molecule has 0 aliphatic carbocycles. The molecule has 0 aliphatic rings. The summed E-state index contributed by atoms with van der Waals surface area (Å²) in [6, 6.07) is 18.2. The summed E-state index contributed by atoms with van der Waals surface area (Å²) in [7, 11) is 0.0561. The van der Waals surface area contributed by atoms with Crippen molar-refractivity contribution < 1.29 is 19.6 Å². The molecule has 10 heteroatoms. The number of nitrogens with zero attached hydrogens (tertiary/aromatic N) is 2. The van der Waals surface area contributed by atoms with Gasteiger partial charge in [0, 0.05) is 32.5 Å². The third-order valence-corrected chi connectivity index (χ3v) is 7.15. The molecular weight excluding hydrogens is 475 g/mol. The summed E-state index contributed by atoms with van der Waals surface area (Å²) >= 11 is 1.48. The number of nitrogens with two attached hydrogens (primary N) is 1. The molecule has 5 N–H and O–H groups in total. The van der Waals surface area contributed by atoms with Gasteiger partial charge in [0.1, 0.15) is 17.1 Å². The second-order valence-electron chi connectivity index (χ2n) is 8.30. The maximum absolute atomic E-state index is 12.0. The number of aromatic nitrogens is 2. The average Bonchev–Trinajstić information content (AvgIpc) is 3.22. The highest BCUT2D eigenvalue weighted by atomic mass is 32.1. The Kier molecular flexibility index (Phi) is 6.32. The summed E-state index contributed by atoms with van der Waals surface area (Å²) in [5, 5.41) is 24.1. The standard InChI is InChI=1S/C26H23BN4O4S/c1-14-21(17-8-4-10-19(24(28)32)23(17)36-14)26-30-22-18(9-5-11-20(22)35-2)25(31-26)29-13-15-6-3-7-16(12-15)27(33)34/h3-12,33-34H,13H2,1-2H3,(H2,28,32)(H,29,30,31). The van der Waals surface area contributed by atoms with E-state index in [0.717, 1.165) is 31.5 Å². The molecule has 36 heavy (non-hydrogen) atoms. The highest BCUT2D eigenvalue weighted by Crippen LogP contribution is 2.40. The Labute approximate surface area is 211 Å². The van der Waals surface area contributed by atoms with E-state index < -0.39 is 13.0 Å². The number of thiophene rings is 1. The molecule has 0 saturated carbocycles. The summed E-state index contributed by atoms with van der Waals surface area (Å²) in [4.78, 5) is 22.7. The number of hydrogen-bond acceptors (Lipinski definition) is 8. The van der Waals surface area contributed by atoms with Gasteiger partial charge in [-0.2, -0.15) is 0 Å². The number of hydrogen-bond donors (Lipinski definition) is 4. The minimum Gasteiger partial charge on any atom is -0.494 e. The number of anilines is 1. The van der Waals surface area contributed by atoms with Crippen LogP contribution in [-0.4, -0.2) is 40.2 Å². The lowest BCUT2D eigenvalue weighted by Gasteiger charge is -2.14. The van der Waals surface area contributed by atoms with Gasteiger partial charge in [-0.3, -0.25) is 4.79 Å². The van der Waals surface area contributed by atoms with Gasteiger partial charge in [-0.15, -0.1) is 11.3 Å². The lowest BCUT2D eigenvalue weighted by molar-refractivity contribution is 0.100. The number of nitrogens with one attached hydrogen (secondary N) is 1. The van der Waals surface area contributed by atoms with Crippen LogP contribution in [0.2, 0.25) is 0 Å². The van der Waals surface area contributed by atoms with Crippen molar-refractivity contribution in [3.05, 3.63) is 76.7 Å². The van der Waals surface area contributed by atoms with E-state index in [4.69, 9.17) is 20.4 Å². The fourth-order valence-corrected chi connectivity index (χ4v) is 5.46. The van der Waals surface area contributed by atoms with Gasteiger partial charge in [0.15, 0.2) is 5.82 Å². The maximum Gasteiger partial charge on any atom is 0.488 e. The lowest BCUT2D eigenvalue weighted by Crippen LogP contribution is -2.30. The highest BCUT2D eigenvalue weighted by Gasteiger charge is 2.20. The largest absolute Gasteiger partial charge is 0.494 e. The number of aryl methyl sites for hydroxylation is 1. The van der Waals surface area contributed by atoms with Crippen LogP contribution in [0.5, 0.6) is 5.75 Å². The zero-order valence-corrected chi connectivity index (χ0v) is 20.5. The van der Waals surface area contributed by atoms with E-state index in [1.165, 1.54) is 11.3 Å². The molecule has 0 bridgehead atoms.